The Bertz CT molecular complexity index is 3580. The van der Waals surface area contributed by atoms with E-state index in [1.165, 1.54) is 53.6 Å². The summed E-state index contributed by atoms with van der Waals surface area (Å²) in [7, 11) is 0. The number of pyridine rings is 4. The standard InChI is InChI=1S/C50H38F6N14O4/c1-27-5-17-45(64-62-27)73-31-7-13-41-36(20-57-68(41)22-31)39-11-9-33(47(60-39)35-19-59-70(30(35)4)26-50(54,55)56)43(71)15-16-44(72)34-10-12-40(61-48(34)38-24-67(66-29(38)3)25-49(51,52)53)37-21-58-69-23-32(8-14-42(37)69)74-46-18-6-28(2)63-65-46/h5-14,17-24H,15-16,25-26H2,1-4H3. The lowest BCUT2D eigenvalue weighted by Gasteiger charge is -2.13. The number of nitrogens with zero attached hydrogens (tertiary/aromatic N) is 14. The van der Waals surface area contributed by atoms with Crippen LogP contribution in [0.5, 0.6) is 23.3 Å². The maximum atomic E-state index is 14.4. The Hall–Kier alpha value is -9.22. The van der Waals surface area contributed by atoms with Crippen molar-refractivity contribution in [2.24, 2.45) is 0 Å². The van der Waals surface area contributed by atoms with E-state index in [-0.39, 0.29) is 56.8 Å². The van der Waals surface area contributed by atoms with Crippen molar-refractivity contribution in [3.63, 3.8) is 0 Å². The first-order chi connectivity index (χ1) is 35.3. The molecule has 0 aromatic carbocycles. The van der Waals surface area contributed by atoms with Crippen LogP contribution in [0.1, 0.15) is 56.3 Å². The van der Waals surface area contributed by atoms with Gasteiger partial charge in [0.2, 0.25) is 11.8 Å². The van der Waals surface area contributed by atoms with Crippen molar-refractivity contribution < 1.29 is 45.4 Å². The lowest BCUT2D eigenvalue weighted by molar-refractivity contribution is -0.143. The highest BCUT2D eigenvalue weighted by Crippen LogP contribution is 2.36. The molecular formula is C50H38F6N14O4. The van der Waals surface area contributed by atoms with Crippen molar-refractivity contribution in [2.75, 3.05) is 0 Å². The van der Waals surface area contributed by atoms with E-state index in [2.05, 4.69) is 40.8 Å². The van der Waals surface area contributed by atoms with E-state index in [9.17, 15) is 35.9 Å². The van der Waals surface area contributed by atoms with E-state index >= 15 is 0 Å². The van der Waals surface area contributed by atoms with E-state index in [4.69, 9.17) is 19.4 Å². The Kier molecular flexibility index (Phi) is 12.5. The predicted octanol–water partition coefficient (Wildman–Crippen LogP) is 10.2. The van der Waals surface area contributed by atoms with Crippen molar-refractivity contribution in [1.29, 1.82) is 0 Å². The molecule has 0 atom stereocenters. The largest absolute Gasteiger partial charge is 0.436 e. The second kappa shape index (κ2) is 19.1. The first-order valence-corrected chi connectivity index (χ1v) is 22.5. The summed E-state index contributed by atoms with van der Waals surface area (Å²) in [5.41, 5.74) is 4.75. The highest BCUT2D eigenvalue weighted by molar-refractivity contribution is 6.07. The van der Waals surface area contributed by atoms with Gasteiger partial charge >= 0.3 is 12.4 Å². The van der Waals surface area contributed by atoms with Gasteiger partial charge in [-0.1, -0.05) is 0 Å². The quantitative estimate of drug-likeness (QED) is 0.0694. The summed E-state index contributed by atoms with van der Waals surface area (Å²) in [6.45, 7) is 3.69. The lowest BCUT2D eigenvalue weighted by atomic mass is 9.95. The van der Waals surface area contributed by atoms with Crippen LogP contribution in [0.4, 0.5) is 26.3 Å². The van der Waals surface area contributed by atoms with Crippen molar-refractivity contribution in [1.82, 2.24) is 69.2 Å². The summed E-state index contributed by atoms with van der Waals surface area (Å²) in [6, 6.07) is 19.7. The van der Waals surface area contributed by atoms with Gasteiger partial charge < -0.3 is 9.47 Å². The van der Waals surface area contributed by atoms with Gasteiger partial charge in [-0.05, 0) is 88.4 Å². The molecule has 24 heteroatoms. The van der Waals surface area contributed by atoms with E-state index < -0.39 is 49.9 Å². The van der Waals surface area contributed by atoms with Crippen LogP contribution in [0.3, 0.4) is 0 Å². The number of ketones is 2. The average Bonchev–Trinajstić information content (AvgIpc) is 4.16. The molecule has 10 heterocycles. The highest BCUT2D eigenvalue weighted by atomic mass is 19.4. The summed E-state index contributed by atoms with van der Waals surface area (Å²) >= 11 is 0. The van der Waals surface area contributed by atoms with Gasteiger partial charge in [0, 0.05) is 70.2 Å². The maximum absolute atomic E-state index is 14.4. The summed E-state index contributed by atoms with van der Waals surface area (Å²) in [4.78, 5) is 38.4. The first kappa shape index (κ1) is 48.4. The molecule has 0 bridgehead atoms. The predicted molar refractivity (Wildman–Crippen MR) is 252 cm³/mol. The minimum atomic E-state index is -4.61. The molecule has 0 fully saturated rings. The zero-order valence-corrected chi connectivity index (χ0v) is 39.4. The van der Waals surface area contributed by atoms with E-state index in [1.807, 2.05) is 0 Å². The molecule has 0 aliphatic heterocycles. The van der Waals surface area contributed by atoms with Crippen LogP contribution in [0, 0.1) is 27.7 Å². The van der Waals surface area contributed by atoms with Gasteiger partial charge in [-0.2, -0.15) is 56.9 Å². The highest BCUT2D eigenvalue weighted by Gasteiger charge is 2.32. The molecule has 0 N–H and O–H groups in total. The van der Waals surface area contributed by atoms with Gasteiger partial charge in [0.15, 0.2) is 11.6 Å². The van der Waals surface area contributed by atoms with Gasteiger partial charge in [-0.15, -0.1) is 10.2 Å². The summed E-state index contributed by atoms with van der Waals surface area (Å²) in [6.07, 6.45) is -1.39. The fourth-order valence-electron chi connectivity index (χ4n) is 8.17. The van der Waals surface area contributed by atoms with Crippen molar-refractivity contribution in [2.45, 2.75) is 66.0 Å². The number of aromatic nitrogens is 14. The van der Waals surface area contributed by atoms with Crippen molar-refractivity contribution in [3.8, 4) is 68.3 Å². The summed E-state index contributed by atoms with van der Waals surface area (Å²) in [5.74, 6) is 0.152. The molecule has 0 unspecified atom stereocenters. The van der Waals surface area contributed by atoms with Gasteiger partial charge in [0.25, 0.3) is 0 Å². The van der Waals surface area contributed by atoms with Crippen LogP contribution in [0.25, 0.3) is 56.1 Å². The number of hydrogen-bond acceptors (Lipinski definition) is 14. The zero-order valence-electron chi connectivity index (χ0n) is 39.4. The number of hydrogen-bond donors (Lipinski definition) is 0. The number of carbonyl (C=O) groups excluding carboxylic acids is 2. The monoisotopic (exact) mass is 1010 g/mol. The third-order valence-electron chi connectivity index (χ3n) is 11.7. The fraction of sp³-hybridized carbons (Fsp3) is 0.200. The molecule has 10 rings (SSSR count). The van der Waals surface area contributed by atoms with Crippen LogP contribution in [0.2, 0.25) is 0 Å². The van der Waals surface area contributed by atoms with Crippen LogP contribution in [0.15, 0.2) is 110 Å². The Balaban J connectivity index is 0.964. The smallest absolute Gasteiger partial charge is 0.408 e. The topological polar surface area (TPSA) is 200 Å². The molecular weight excluding hydrogens is 975 g/mol. The minimum Gasteiger partial charge on any atom is -0.436 e. The summed E-state index contributed by atoms with van der Waals surface area (Å²) < 4.78 is 97.9. The van der Waals surface area contributed by atoms with Gasteiger partial charge in [-0.25, -0.2) is 19.0 Å². The average molecular weight is 1010 g/mol. The molecule has 0 spiro atoms. The number of Topliss-reactive ketones (excluding diaryl/α,β-unsaturated/α-hetero) is 2. The van der Waals surface area contributed by atoms with Crippen molar-refractivity contribution >= 4 is 22.6 Å². The van der Waals surface area contributed by atoms with E-state index in [0.29, 0.717) is 61.1 Å². The SMILES string of the molecule is Cc1ccc(Oc2ccc3c(-c4ccc(C(=O)CCC(=O)c5ccc(-c6cnn7cc(Oc8ccc(C)nn8)ccc67)nc5-c5cnn(CC(F)(F)F)c5C)c(-c5cn(CC(F)(F)F)nc5C)n4)cnn3c2)nn1. The molecule has 0 radical (unpaired) electrons. The molecule has 10 aromatic rings. The normalized spacial score (nSPS) is 12.0. The molecule has 0 aliphatic carbocycles. The second-order valence-electron chi connectivity index (χ2n) is 17.1. The van der Waals surface area contributed by atoms with Gasteiger partial charge in [-0.3, -0.25) is 19.0 Å². The molecule has 374 valence electrons. The fourth-order valence-corrected chi connectivity index (χ4v) is 8.17. The lowest BCUT2D eigenvalue weighted by Crippen LogP contribution is -2.19. The second-order valence-corrected chi connectivity index (χ2v) is 17.1. The summed E-state index contributed by atoms with van der Waals surface area (Å²) in [5, 5.41) is 33.0. The molecule has 74 heavy (non-hydrogen) atoms. The van der Waals surface area contributed by atoms with Crippen LogP contribution in [-0.2, 0) is 13.1 Å². The van der Waals surface area contributed by atoms with Crippen LogP contribution in [-0.4, -0.2) is 93.1 Å². The number of carbonyl (C=O) groups is 2. The number of ether oxygens (including phenoxy) is 2. The molecule has 0 amide bonds. The Morgan fingerprint density at radius 2 is 1.01 bits per heavy atom. The number of aryl methyl sites for hydroxylation is 3. The van der Waals surface area contributed by atoms with Crippen molar-refractivity contribution in [3.05, 3.63) is 144 Å². The number of halogens is 6. The minimum absolute atomic E-state index is 0.00557. The zero-order chi connectivity index (χ0) is 52.1. The van der Waals surface area contributed by atoms with E-state index in [0.717, 1.165) is 10.9 Å². The number of fused-ring (bicyclic) bond motifs is 2. The third kappa shape index (κ3) is 10.3. The third-order valence-corrected chi connectivity index (χ3v) is 11.7. The molecule has 0 aliphatic rings. The molecule has 0 saturated carbocycles. The van der Waals surface area contributed by atoms with Gasteiger partial charge in [0.05, 0.1) is 81.9 Å². The Labute approximate surface area is 414 Å². The van der Waals surface area contributed by atoms with Gasteiger partial charge in [0.1, 0.15) is 24.6 Å². The van der Waals surface area contributed by atoms with Crippen LogP contribution < -0.4 is 9.47 Å². The number of rotatable bonds is 15. The Morgan fingerprint density at radius 3 is 1.49 bits per heavy atom. The first-order valence-electron chi connectivity index (χ1n) is 22.5. The molecule has 10 aromatic heterocycles. The van der Waals surface area contributed by atoms with Crippen LogP contribution >= 0.6 is 0 Å². The number of alkyl halides is 6. The maximum Gasteiger partial charge on any atom is 0.408 e. The Morgan fingerprint density at radius 1 is 0.527 bits per heavy atom. The van der Waals surface area contributed by atoms with E-state index in [1.54, 1.807) is 86.9 Å². The molecule has 0 saturated heterocycles. The molecule has 18 nitrogen and oxygen atoms in total.